The molecule has 1 aromatic heterocycles. The molecule has 0 fully saturated rings. The van der Waals surface area contributed by atoms with Crippen LogP contribution in [-0.2, 0) is 19.9 Å². The first-order valence-corrected chi connectivity index (χ1v) is 10.4. The molecule has 1 amide bonds. The van der Waals surface area contributed by atoms with E-state index in [0.717, 1.165) is 9.36 Å². The highest BCUT2D eigenvalue weighted by atomic mass is 16.5. The van der Waals surface area contributed by atoms with Crippen LogP contribution >= 0.6 is 0 Å². The fourth-order valence-corrected chi connectivity index (χ4v) is 4.83. The number of nitrogens with two attached hydrogens (primary N) is 1. The number of hydrogen-bond donors (Lipinski definition) is 1. The highest BCUT2D eigenvalue weighted by Gasteiger charge is 2.63. The van der Waals surface area contributed by atoms with Gasteiger partial charge < -0.3 is 15.4 Å². The Labute approximate surface area is 187 Å². The molecule has 33 heavy (non-hydrogen) atoms. The van der Waals surface area contributed by atoms with Crippen molar-refractivity contribution in [2.75, 3.05) is 18.1 Å². The van der Waals surface area contributed by atoms with Gasteiger partial charge in [-0.2, -0.15) is 4.68 Å². The van der Waals surface area contributed by atoms with Crippen molar-refractivity contribution in [2.24, 2.45) is 5.73 Å². The second-order valence-electron chi connectivity index (χ2n) is 7.69. The number of benzene rings is 2. The monoisotopic (exact) mass is 444 g/mol. The normalized spacial score (nSPS) is 18.7. The maximum absolute atomic E-state index is 14.1. The first-order chi connectivity index (χ1) is 15.9. The number of carbonyl (C=O) groups excluding carboxylic acids is 2. The van der Waals surface area contributed by atoms with E-state index >= 15 is 0 Å². The van der Waals surface area contributed by atoms with Gasteiger partial charge >= 0.3 is 5.97 Å². The average molecular weight is 444 g/mol. The molecular formula is C24H20N4O5. The quantitative estimate of drug-likeness (QED) is 0.477. The maximum Gasteiger partial charge on any atom is 0.341 e. The van der Waals surface area contributed by atoms with Crippen LogP contribution in [0.1, 0.15) is 12.5 Å². The predicted molar refractivity (Wildman–Crippen MR) is 123 cm³/mol. The van der Waals surface area contributed by atoms with E-state index in [-0.39, 0.29) is 35.3 Å². The summed E-state index contributed by atoms with van der Waals surface area (Å²) in [6.45, 7) is 5.47. The topological polar surface area (TPSA) is 117 Å². The Morgan fingerprint density at radius 1 is 1.06 bits per heavy atom. The molecule has 1 atom stereocenters. The Morgan fingerprint density at radius 3 is 2.36 bits per heavy atom. The molecule has 0 bridgehead atoms. The van der Waals surface area contributed by atoms with Crippen molar-refractivity contribution in [3.05, 3.63) is 93.0 Å². The minimum Gasteiger partial charge on any atom is -0.462 e. The van der Waals surface area contributed by atoms with Crippen LogP contribution in [0.4, 0.5) is 5.69 Å². The van der Waals surface area contributed by atoms with Gasteiger partial charge in [0.2, 0.25) is 5.54 Å². The summed E-state index contributed by atoms with van der Waals surface area (Å²) in [5, 5.41) is 0.243. The fraction of sp³-hybridized carbons (Fsp3) is 0.167. The second-order valence-corrected chi connectivity index (χ2v) is 7.69. The third-order valence-electron chi connectivity index (χ3n) is 6.07. The lowest BCUT2D eigenvalue weighted by atomic mass is 9.84. The summed E-state index contributed by atoms with van der Waals surface area (Å²) in [6, 6.07) is 13.0. The molecule has 2 N–H and O–H groups in total. The van der Waals surface area contributed by atoms with E-state index in [1.807, 2.05) is 0 Å². The third kappa shape index (κ3) is 2.36. The van der Waals surface area contributed by atoms with Gasteiger partial charge in [0.05, 0.1) is 23.1 Å². The van der Waals surface area contributed by atoms with Crippen molar-refractivity contribution in [2.45, 2.75) is 12.5 Å². The van der Waals surface area contributed by atoms with E-state index < -0.39 is 28.5 Å². The van der Waals surface area contributed by atoms with E-state index in [2.05, 4.69) is 6.58 Å². The van der Waals surface area contributed by atoms with Crippen LogP contribution in [0.5, 0.6) is 0 Å². The molecule has 0 aliphatic carbocycles. The number of ether oxygens (including phenoxy) is 1. The molecule has 9 nitrogen and oxygen atoms in total. The Bertz CT molecular complexity index is 1530. The number of para-hydroxylation sites is 1. The zero-order chi connectivity index (χ0) is 23.5. The zero-order valence-corrected chi connectivity index (χ0v) is 17.8. The van der Waals surface area contributed by atoms with Gasteiger partial charge in [-0.1, -0.05) is 36.4 Å². The largest absolute Gasteiger partial charge is 0.462 e. The summed E-state index contributed by atoms with van der Waals surface area (Å²) < 4.78 is 7.17. The van der Waals surface area contributed by atoms with E-state index in [9.17, 15) is 19.2 Å². The standard InChI is InChI=1S/C24H20N4O5/c1-3-13-26-17-12-8-7-11-16(17)24(23(26)32)18(22(31)33-4-2)19(25)27-20(29)14-9-5-6-10-15(14)21(30)28(24)27/h3,5-12H,1,4,13,25H2,2H3. The first kappa shape index (κ1) is 20.5. The summed E-state index contributed by atoms with van der Waals surface area (Å²) in [7, 11) is 0. The molecule has 1 unspecified atom stereocenters. The lowest BCUT2D eigenvalue weighted by Crippen LogP contribution is -2.53. The number of rotatable bonds is 4. The van der Waals surface area contributed by atoms with Gasteiger partial charge in [-0.25, -0.2) is 9.48 Å². The van der Waals surface area contributed by atoms with Crippen LogP contribution in [0, 0.1) is 0 Å². The highest BCUT2D eigenvalue weighted by molar-refractivity contribution is 6.18. The molecular weight excluding hydrogens is 424 g/mol. The molecule has 166 valence electrons. The number of anilines is 1. The number of esters is 1. The lowest BCUT2D eigenvalue weighted by Gasteiger charge is -2.28. The summed E-state index contributed by atoms with van der Waals surface area (Å²) in [4.78, 5) is 56.0. The number of fused-ring (bicyclic) bond motifs is 5. The summed E-state index contributed by atoms with van der Waals surface area (Å²) in [6.07, 6.45) is 1.54. The van der Waals surface area contributed by atoms with Gasteiger partial charge in [-0.3, -0.25) is 14.4 Å². The van der Waals surface area contributed by atoms with Crippen molar-refractivity contribution >= 4 is 34.2 Å². The van der Waals surface area contributed by atoms with Crippen LogP contribution < -0.4 is 21.8 Å². The van der Waals surface area contributed by atoms with Gasteiger partial charge in [-0.05, 0) is 25.1 Å². The van der Waals surface area contributed by atoms with Crippen molar-refractivity contribution < 1.29 is 14.3 Å². The number of carbonyl (C=O) groups is 2. The molecule has 2 aliphatic heterocycles. The molecule has 9 heteroatoms. The molecule has 1 spiro atoms. The van der Waals surface area contributed by atoms with Crippen molar-refractivity contribution in [3.63, 3.8) is 0 Å². The SMILES string of the molecule is C=CCN1C(=O)C2(C(C(=O)OCC)=C(N)n3c(=O)c4ccccc4c(=O)n32)c2ccccc21. The maximum atomic E-state index is 14.1. The van der Waals surface area contributed by atoms with E-state index in [4.69, 9.17) is 10.5 Å². The number of hydrogen-bond acceptors (Lipinski definition) is 6. The van der Waals surface area contributed by atoms with Crippen LogP contribution in [0.15, 0.2) is 76.3 Å². The van der Waals surface area contributed by atoms with Gasteiger partial charge in [0.15, 0.2) is 0 Å². The van der Waals surface area contributed by atoms with Gasteiger partial charge in [0.1, 0.15) is 11.4 Å². The van der Waals surface area contributed by atoms with E-state index in [0.29, 0.717) is 11.3 Å². The van der Waals surface area contributed by atoms with E-state index in [1.54, 1.807) is 43.3 Å². The molecule has 3 aromatic rings. The minimum atomic E-state index is -1.99. The van der Waals surface area contributed by atoms with Crippen molar-refractivity contribution in [1.82, 2.24) is 9.36 Å². The molecule has 2 aliphatic rings. The smallest absolute Gasteiger partial charge is 0.341 e. The summed E-state index contributed by atoms with van der Waals surface area (Å²) in [5.41, 5.74) is 3.71. The lowest BCUT2D eigenvalue weighted by molar-refractivity contribution is -0.141. The van der Waals surface area contributed by atoms with Crippen molar-refractivity contribution in [1.29, 1.82) is 0 Å². The van der Waals surface area contributed by atoms with Crippen LogP contribution in [-0.4, -0.2) is 34.4 Å². The number of amides is 1. The molecule has 3 heterocycles. The van der Waals surface area contributed by atoms with Gasteiger partial charge in [0, 0.05) is 12.1 Å². The molecule has 2 aromatic carbocycles. The Kier molecular flexibility index (Phi) is 4.38. The van der Waals surface area contributed by atoms with Crippen LogP contribution in [0.2, 0.25) is 0 Å². The number of nitrogens with zero attached hydrogens (tertiary/aromatic N) is 3. The van der Waals surface area contributed by atoms with Crippen molar-refractivity contribution in [3.8, 4) is 0 Å². The average Bonchev–Trinajstić information content (AvgIpc) is 3.23. The first-order valence-electron chi connectivity index (χ1n) is 10.4. The minimum absolute atomic E-state index is 0.0139. The predicted octanol–water partition coefficient (Wildman–Crippen LogP) is 1.14. The molecule has 0 radical (unpaired) electrons. The Balaban J connectivity index is 2.02. The molecule has 5 rings (SSSR count). The Hall–Kier alpha value is -4.40. The van der Waals surface area contributed by atoms with E-state index in [1.165, 1.54) is 23.1 Å². The Morgan fingerprint density at radius 2 is 1.70 bits per heavy atom. The second kappa shape index (κ2) is 7.06. The molecule has 0 saturated carbocycles. The molecule has 0 saturated heterocycles. The zero-order valence-electron chi connectivity index (χ0n) is 17.8. The van der Waals surface area contributed by atoms with Gasteiger partial charge in [-0.15, -0.1) is 6.58 Å². The fourth-order valence-electron chi connectivity index (χ4n) is 4.83. The number of aromatic nitrogens is 2. The van der Waals surface area contributed by atoms with Crippen LogP contribution in [0.3, 0.4) is 0 Å². The summed E-state index contributed by atoms with van der Waals surface area (Å²) >= 11 is 0. The summed E-state index contributed by atoms with van der Waals surface area (Å²) in [5.74, 6) is -1.79. The van der Waals surface area contributed by atoms with Gasteiger partial charge in [0.25, 0.3) is 17.0 Å². The van der Waals surface area contributed by atoms with Crippen LogP contribution in [0.25, 0.3) is 16.6 Å². The third-order valence-corrected chi connectivity index (χ3v) is 6.07. The highest BCUT2D eigenvalue weighted by Crippen LogP contribution is 2.50.